The standard InChI is InChI=1S/C14H18ClN5O2.C6H12.C2H5NO/c1-14(2,8-21)5-12-10(6-17-18-12)9-4-13(20(3)19-22)16-7-11(9)15;1-2-4-6-5-3-1;1-2(3)4/h4,6-7,21H,5,8H2,1-3H3,(H,17,18);1-6H2;1H3,(H2,3,4). The second-order valence-corrected chi connectivity index (χ2v) is 9.03. The minimum atomic E-state index is -0.333. The van der Waals surface area contributed by atoms with E-state index in [0.29, 0.717) is 22.8 Å². The van der Waals surface area contributed by atoms with E-state index in [1.54, 1.807) is 12.3 Å². The number of amides is 1. The van der Waals surface area contributed by atoms with E-state index in [1.165, 1.54) is 58.7 Å². The first-order valence-corrected chi connectivity index (χ1v) is 11.1. The fourth-order valence-electron chi connectivity index (χ4n) is 3.13. The number of aliphatic hydroxyl groups excluding tert-OH is 1. The van der Waals surface area contributed by atoms with Crippen LogP contribution in [0.4, 0.5) is 5.82 Å². The molecular formula is C22H35ClN6O3. The van der Waals surface area contributed by atoms with Crippen LogP contribution in [0.1, 0.15) is 65.0 Å². The van der Waals surface area contributed by atoms with Crippen molar-refractivity contribution in [2.75, 3.05) is 18.7 Å². The summed E-state index contributed by atoms with van der Waals surface area (Å²) in [5, 5.41) is 20.8. The van der Waals surface area contributed by atoms with Crippen LogP contribution in [-0.2, 0) is 11.2 Å². The molecular weight excluding hydrogens is 432 g/mol. The number of carbonyl (C=O) groups is 1. The van der Waals surface area contributed by atoms with Crippen LogP contribution in [0.25, 0.3) is 11.1 Å². The van der Waals surface area contributed by atoms with Gasteiger partial charge >= 0.3 is 0 Å². The van der Waals surface area contributed by atoms with Crippen molar-refractivity contribution in [3.05, 3.63) is 34.1 Å². The summed E-state index contributed by atoms with van der Waals surface area (Å²) in [7, 11) is 1.51. The maximum Gasteiger partial charge on any atom is 0.214 e. The summed E-state index contributed by atoms with van der Waals surface area (Å²) in [6, 6.07) is 1.68. The zero-order valence-electron chi connectivity index (χ0n) is 19.4. The molecule has 10 heteroatoms. The summed E-state index contributed by atoms with van der Waals surface area (Å²) in [6.07, 6.45) is 12.7. The molecule has 2 heterocycles. The van der Waals surface area contributed by atoms with Gasteiger partial charge in [-0.3, -0.25) is 9.89 Å². The van der Waals surface area contributed by atoms with Gasteiger partial charge in [0.2, 0.25) is 5.91 Å². The van der Waals surface area contributed by atoms with Crippen LogP contribution < -0.4 is 10.7 Å². The Hall–Kier alpha value is -2.52. The Balaban J connectivity index is 0.000000422. The topological polar surface area (TPSA) is 138 Å². The third-order valence-electron chi connectivity index (χ3n) is 4.89. The molecule has 2 aromatic heterocycles. The van der Waals surface area contributed by atoms with Crippen LogP contribution >= 0.6 is 11.6 Å². The van der Waals surface area contributed by atoms with Crippen LogP contribution in [0.5, 0.6) is 0 Å². The molecule has 178 valence electrons. The number of aromatic nitrogens is 3. The number of halogens is 1. The number of aromatic amines is 1. The summed E-state index contributed by atoms with van der Waals surface area (Å²) < 4.78 is 0. The number of hydrogen-bond donors (Lipinski definition) is 3. The Morgan fingerprint density at radius 3 is 2.22 bits per heavy atom. The predicted octanol–water partition coefficient (Wildman–Crippen LogP) is 4.64. The largest absolute Gasteiger partial charge is 0.396 e. The smallest absolute Gasteiger partial charge is 0.214 e. The molecule has 9 nitrogen and oxygen atoms in total. The first-order chi connectivity index (χ1) is 15.1. The molecule has 0 saturated heterocycles. The summed E-state index contributed by atoms with van der Waals surface area (Å²) in [4.78, 5) is 23.9. The maximum atomic E-state index is 10.6. The fraction of sp³-hybridized carbons (Fsp3) is 0.591. The first kappa shape index (κ1) is 27.5. The van der Waals surface area contributed by atoms with Crippen molar-refractivity contribution in [3.8, 4) is 11.1 Å². The van der Waals surface area contributed by atoms with Gasteiger partial charge in [0.25, 0.3) is 0 Å². The van der Waals surface area contributed by atoms with Crippen molar-refractivity contribution in [2.24, 2.45) is 16.4 Å². The van der Waals surface area contributed by atoms with Crippen molar-refractivity contribution in [3.63, 3.8) is 0 Å². The lowest BCUT2D eigenvalue weighted by atomic mass is 9.87. The van der Waals surface area contributed by atoms with Gasteiger partial charge in [-0.25, -0.2) is 9.99 Å². The summed E-state index contributed by atoms with van der Waals surface area (Å²) in [5.74, 6) is 0.0583. The molecule has 0 atom stereocenters. The van der Waals surface area contributed by atoms with Gasteiger partial charge in [-0.15, -0.1) is 4.91 Å². The minimum Gasteiger partial charge on any atom is -0.396 e. The number of hydrogen-bond acceptors (Lipinski definition) is 6. The molecule has 3 rings (SSSR count). The second kappa shape index (κ2) is 13.8. The average molecular weight is 467 g/mol. The molecule has 4 N–H and O–H groups in total. The van der Waals surface area contributed by atoms with E-state index in [9.17, 15) is 14.8 Å². The third-order valence-corrected chi connectivity index (χ3v) is 5.19. The Bertz CT molecular complexity index is 836. The number of nitrogens with two attached hydrogens (primary N) is 1. The van der Waals surface area contributed by atoms with E-state index in [1.807, 2.05) is 13.8 Å². The van der Waals surface area contributed by atoms with Crippen LogP contribution in [0, 0.1) is 10.3 Å². The Kier molecular flexibility index (Phi) is 11.9. The van der Waals surface area contributed by atoms with E-state index >= 15 is 0 Å². The zero-order chi connectivity index (χ0) is 24.1. The molecule has 0 spiro atoms. The van der Waals surface area contributed by atoms with E-state index < -0.39 is 0 Å². The number of H-pyrrole nitrogens is 1. The molecule has 0 bridgehead atoms. The number of nitroso groups, excluding NO2 is 1. The van der Waals surface area contributed by atoms with Crippen molar-refractivity contribution in [1.82, 2.24) is 15.2 Å². The van der Waals surface area contributed by atoms with Gasteiger partial charge in [0, 0.05) is 43.6 Å². The van der Waals surface area contributed by atoms with E-state index in [-0.39, 0.29) is 17.9 Å². The lowest BCUT2D eigenvalue weighted by Crippen LogP contribution is -2.20. The SMILES string of the molecule is C1CCCCC1.CC(N)=O.CN(N=O)c1cc(-c2cn[nH]c2CC(C)(C)CO)c(Cl)cn1. The molecule has 0 aliphatic heterocycles. The first-order valence-electron chi connectivity index (χ1n) is 10.7. The van der Waals surface area contributed by atoms with Crippen LogP contribution in [0.3, 0.4) is 0 Å². The molecule has 0 unspecified atom stereocenters. The van der Waals surface area contributed by atoms with E-state index in [2.05, 4.69) is 26.2 Å². The number of nitrogens with one attached hydrogen (secondary N) is 1. The third kappa shape index (κ3) is 9.74. The Morgan fingerprint density at radius 1 is 1.22 bits per heavy atom. The number of carbonyl (C=O) groups excluding carboxylic acids is 1. The van der Waals surface area contributed by atoms with Crippen molar-refractivity contribution >= 4 is 23.3 Å². The second-order valence-electron chi connectivity index (χ2n) is 8.62. The summed E-state index contributed by atoms with van der Waals surface area (Å²) >= 11 is 6.23. The van der Waals surface area contributed by atoms with Gasteiger partial charge in [0.1, 0.15) is 0 Å². The molecule has 32 heavy (non-hydrogen) atoms. The fourth-order valence-corrected chi connectivity index (χ4v) is 3.33. The number of pyridine rings is 1. The monoisotopic (exact) mass is 466 g/mol. The zero-order valence-corrected chi connectivity index (χ0v) is 20.2. The highest BCUT2D eigenvalue weighted by atomic mass is 35.5. The van der Waals surface area contributed by atoms with Gasteiger partial charge in [0.15, 0.2) is 5.82 Å². The average Bonchev–Trinajstić information content (AvgIpc) is 3.22. The Labute approximate surface area is 194 Å². The molecule has 2 aromatic rings. The molecule has 0 radical (unpaired) electrons. The van der Waals surface area contributed by atoms with E-state index in [0.717, 1.165) is 16.3 Å². The highest BCUT2D eigenvalue weighted by Crippen LogP contribution is 2.34. The molecule has 1 aliphatic carbocycles. The predicted molar refractivity (Wildman–Crippen MR) is 128 cm³/mol. The van der Waals surface area contributed by atoms with Crippen LogP contribution in [0.2, 0.25) is 5.02 Å². The normalized spacial score (nSPS) is 13.2. The highest BCUT2D eigenvalue weighted by molar-refractivity contribution is 6.33. The van der Waals surface area contributed by atoms with Gasteiger partial charge < -0.3 is 10.8 Å². The highest BCUT2D eigenvalue weighted by Gasteiger charge is 2.22. The van der Waals surface area contributed by atoms with Crippen molar-refractivity contribution in [2.45, 2.75) is 65.7 Å². The minimum absolute atomic E-state index is 0.0542. The number of primary amides is 1. The van der Waals surface area contributed by atoms with Crippen molar-refractivity contribution < 1.29 is 9.90 Å². The Morgan fingerprint density at radius 2 is 1.75 bits per heavy atom. The lowest BCUT2D eigenvalue weighted by Gasteiger charge is -2.21. The molecule has 1 aliphatic rings. The number of aliphatic hydroxyl groups is 1. The molecule has 1 amide bonds. The van der Waals surface area contributed by atoms with Crippen LogP contribution in [0.15, 0.2) is 23.7 Å². The van der Waals surface area contributed by atoms with Crippen molar-refractivity contribution in [1.29, 1.82) is 0 Å². The summed E-state index contributed by atoms with van der Waals surface area (Å²) in [5.41, 5.74) is 6.57. The molecule has 0 aromatic carbocycles. The van der Waals surface area contributed by atoms with E-state index in [4.69, 9.17) is 11.6 Å². The number of rotatable bonds is 6. The van der Waals surface area contributed by atoms with Gasteiger partial charge in [-0.05, 0) is 17.9 Å². The lowest BCUT2D eigenvalue weighted by molar-refractivity contribution is -0.115. The van der Waals surface area contributed by atoms with Gasteiger partial charge in [-0.1, -0.05) is 64.0 Å². The number of nitrogens with zero attached hydrogens (tertiary/aromatic N) is 4. The summed E-state index contributed by atoms with van der Waals surface area (Å²) in [6.45, 7) is 5.28. The maximum absolute atomic E-state index is 10.6. The molecule has 1 saturated carbocycles. The quantitative estimate of drug-likeness (QED) is 0.419. The van der Waals surface area contributed by atoms with Crippen LogP contribution in [-0.4, -0.2) is 39.8 Å². The van der Waals surface area contributed by atoms with Gasteiger partial charge in [0.05, 0.1) is 16.5 Å². The van der Waals surface area contributed by atoms with Gasteiger partial charge in [-0.2, -0.15) is 5.10 Å². The molecule has 1 fully saturated rings. The number of anilines is 1.